The van der Waals surface area contributed by atoms with Crippen LogP contribution >= 0.6 is 0 Å². The number of hydrogen-bond acceptors (Lipinski definition) is 5. The van der Waals surface area contributed by atoms with Crippen molar-refractivity contribution >= 4 is 19.7 Å². The lowest BCUT2D eigenvalue weighted by Crippen LogP contribution is -2.44. The molecule has 1 aliphatic heterocycles. The SMILES string of the molecule is CC(C)(C)[Si](C)(C)OC1CC(CO)N(c2ccccc2[N+](=O)[O-])C1. The lowest BCUT2D eigenvalue weighted by atomic mass is 10.2. The lowest BCUT2D eigenvalue weighted by Gasteiger charge is -2.38. The molecule has 0 aromatic heterocycles. The highest BCUT2D eigenvalue weighted by Crippen LogP contribution is 2.40. The molecule has 1 aromatic carbocycles. The maximum absolute atomic E-state index is 11.3. The number of anilines is 1. The number of aliphatic hydroxyl groups is 1. The summed E-state index contributed by atoms with van der Waals surface area (Å²) in [4.78, 5) is 12.9. The predicted molar refractivity (Wildman–Crippen MR) is 98.0 cm³/mol. The molecule has 0 spiro atoms. The van der Waals surface area contributed by atoms with Crippen LogP contribution in [-0.4, -0.2) is 43.6 Å². The average Bonchev–Trinajstić information content (AvgIpc) is 2.88. The number of nitro benzene ring substituents is 1. The quantitative estimate of drug-likeness (QED) is 0.498. The summed E-state index contributed by atoms with van der Waals surface area (Å²) in [5, 5.41) is 21.2. The van der Waals surface area contributed by atoms with E-state index in [4.69, 9.17) is 4.43 Å². The second-order valence-corrected chi connectivity index (χ2v) is 12.7. The summed E-state index contributed by atoms with van der Waals surface area (Å²) in [6, 6.07) is 6.55. The van der Waals surface area contributed by atoms with Crippen LogP contribution in [0.5, 0.6) is 0 Å². The first-order chi connectivity index (χ1) is 11.1. The van der Waals surface area contributed by atoms with Crippen LogP contribution in [-0.2, 0) is 4.43 Å². The molecule has 0 aliphatic carbocycles. The van der Waals surface area contributed by atoms with E-state index in [1.807, 2.05) is 4.90 Å². The molecular formula is C17H28N2O4Si. The van der Waals surface area contributed by atoms with Gasteiger partial charge in [0, 0.05) is 12.6 Å². The van der Waals surface area contributed by atoms with Crippen molar-refractivity contribution in [2.75, 3.05) is 18.1 Å². The van der Waals surface area contributed by atoms with E-state index in [1.54, 1.807) is 18.2 Å². The normalized spacial score (nSPS) is 22.0. The van der Waals surface area contributed by atoms with Gasteiger partial charge in [-0.1, -0.05) is 32.9 Å². The third kappa shape index (κ3) is 3.79. The van der Waals surface area contributed by atoms with E-state index in [9.17, 15) is 15.2 Å². The second-order valence-electron chi connectivity index (χ2n) is 7.97. The van der Waals surface area contributed by atoms with Crippen LogP contribution in [0.25, 0.3) is 0 Å². The summed E-state index contributed by atoms with van der Waals surface area (Å²) >= 11 is 0. The lowest BCUT2D eigenvalue weighted by molar-refractivity contribution is -0.384. The van der Waals surface area contributed by atoms with Crippen LogP contribution in [0.15, 0.2) is 24.3 Å². The number of hydrogen-bond donors (Lipinski definition) is 1. The first-order valence-electron chi connectivity index (χ1n) is 8.35. The van der Waals surface area contributed by atoms with Crippen molar-refractivity contribution in [1.82, 2.24) is 0 Å². The number of rotatable bonds is 5. The average molecular weight is 353 g/mol. The summed E-state index contributed by atoms with van der Waals surface area (Å²) in [5.74, 6) is 0. The second kappa shape index (κ2) is 6.82. The van der Waals surface area contributed by atoms with Gasteiger partial charge in [-0.25, -0.2) is 0 Å². The van der Waals surface area contributed by atoms with Crippen molar-refractivity contribution in [1.29, 1.82) is 0 Å². The molecule has 7 heteroatoms. The molecule has 0 amide bonds. The standard InChI is InChI=1S/C17H28N2O4Si/c1-17(2,3)24(4,5)23-14-10-13(12-20)18(11-14)15-8-6-7-9-16(15)19(21)22/h6-9,13-14,20H,10-12H2,1-5H3. The van der Waals surface area contributed by atoms with Gasteiger partial charge >= 0.3 is 0 Å². The van der Waals surface area contributed by atoms with Gasteiger partial charge in [0.25, 0.3) is 5.69 Å². The highest BCUT2D eigenvalue weighted by molar-refractivity contribution is 6.74. The first-order valence-corrected chi connectivity index (χ1v) is 11.3. The Morgan fingerprint density at radius 2 is 2.00 bits per heavy atom. The molecule has 1 aromatic rings. The van der Waals surface area contributed by atoms with Crippen LogP contribution in [0, 0.1) is 10.1 Å². The molecule has 0 bridgehead atoms. The number of aliphatic hydroxyl groups excluding tert-OH is 1. The molecule has 0 saturated carbocycles. The maximum Gasteiger partial charge on any atom is 0.292 e. The maximum atomic E-state index is 11.3. The molecule has 1 aliphatic rings. The Labute approximate surface area is 144 Å². The molecular weight excluding hydrogens is 324 g/mol. The number of benzene rings is 1. The van der Waals surface area contributed by atoms with Gasteiger partial charge in [-0.05, 0) is 30.6 Å². The summed E-state index contributed by atoms with van der Waals surface area (Å²) < 4.78 is 6.46. The fraction of sp³-hybridized carbons (Fsp3) is 0.647. The zero-order chi connectivity index (χ0) is 18.1. The topological polar surface area (TPSA) is 75.8 Å². The van der Waals surface area contributed by atoms with Crippen LogP contribution in [0.1, 0.15) is 27.2 Å². The van der Waals surface area contributed by atoms with Crippen molar-refractivity contribution in [2.24, 2.45) is 0 Å². The van der Waals surface area contributed by atoms with E-state index < -0.39 is 8.32 Å². The highest BCUT2D eigenvalue weighted by atomic mass is 28.4. The predicted octanol–water partition coefficient (Wildman–Crippen LogP) is 3.56. The van der Waals surface area contributed by atoms with E-state index in [0.29, 0.717) is 18.7 Å². The van der Waals surface area contributed by atoms with Crippen LogP contribution < -0.4 is 4.90 Å². The monoisotopic (exact) mass is 352 g/mol. The molecule has 2 rings (SSSR count). The Hall–Kier alpha value is -1.44. The van der Waals surface area contributed by atoms with E-state index in [0.717, 1.165) is 0 Å². The van der Waals surface area contributed by atoms with Gasteiger partial charge in [-0.3, -0.25) is 10.1 Å². The third-order valence-corrected chi connectivity index (χ3v) is 9.78. The van der Waals surface area contributed by atoms with Crippen molar-refractivity contribution < 1.29 is 14.5 Å². The van der Waals surface area contributed by atoms with Gasteiger partial charge in [0.15, 0.2) is 8.32 Å². The largest absolute Gasteiger partial charge is 0.412 e. The van der Waals surface area contributed by atoms with Crippen LogP contribution in [0.2, 0.25) is 18.1 Å². The number of nitro groups is 1. The molecule has 0 radical (unpaired) electrons. The number of nitrogens with zero attached hydrogens (tertiary/aromatic N) is 2. The molecule has 6 nitrogen and oxygen atoms in total. The van der Waals surface area contributed by atoms with E-state index in [2.05, 4.69) is 33.9 Å². The zero-order valence-electron chi connectivity index (χ0n) is 15.2. The molecule has 1 heterocycles. The molecule has 1 saturated heterocycles. The Bertz CT molecular complexity index is 600. The number of para-hydroxylation sites is 2. The Morgan fingerprint density at radius 1 is 1.38 bits per heavy atom. The van der Waals surface area contributed by atoms with E-state index in [-0.39, 0.29) is 34.4 Å². The Morgan fingerprint density at radius 3 is 2.54 bits per heavy atom. The Balaban J connectivity index is 2.23. The molecule has 24 heavy (non-hydrogen) atoms. The van der Waals surface area contributed by atoms with Crippen LogP contribution in [0.4, 0.5) is 11.4 Å². The summed E-state index contributed by atoms with van der Waals surface area (Å²) in [6.07, 6.45) is 0.678. The van der Waals surface area contributed by atoms with E-state index >= 15 is 0 Å². The van der Waals surface area contributed by atoms with Crippen molar-refractivity contribution in [3.63, 3.8) is 0 Å². The first kappa shape index (κ1) is 18.9. The molecule has 134 valence electrons. The van der Waals surface area contributed by atoms with Gasteiger partial charge in [-0.2, -0.15) is 0 Å². The van der Waals surface area contributed by atoms with Crippen molar-refractivity contribution in [2.45, 2.75) is 57.5 Å². The van der Waals surface area contributed by atoms with E-state index in [1.165, 1.54) is 6.07 Å². The van der Waals surface area contributed by atoms with Gasteiger partial charge in [0.2, 0.25) is 0 Å². The fourth-order valence-electron chi connectivity index (χ4n) is 2.88. The van der Waals surface area contributed by atoms with Gasteiger partial charge < -0.3 is 14.4 Å². The smallest absolute Gasteiger partial charge is 0.292 e. The fourth-order valence-corrected chi connectivity index (χ4v) is 4.24. The van der Waals surface area contributed by atoms with Crippen molar-refractivity contribution in [3.05, 3.63) is 34.4 Å². The third-order valence-electron chi connectivity index (χ3n) is 5.24. The van der Waals surface area contributed by atoms with Gasteiger partial charge in [-0.15, -0.1) is 0 Å². The Kier molecular flexibility index (Phi) is 5.36. The molecule has 1 fully saturated rings. The van der Waals surface area contributed by atoms with Crippen molar-refractivity contribution in [3.8, 4) is 0 Å². The summed E-state index contributed by atoms with van der Waals surface area (Å²) in [6.45, 7) is 11.5. The minimum atomic E-state index is -1.92. The minimum Gasteiger partial charge on any atom is -0.412 e. The van der Waals surface area contributed by atoms with Gasteiger partial charge in [0.05, 0.1) is 23.7 Å². The molecule has 1 N–H and O–H groups in total. The minimum absolute atomic E-state index is 0.0112. The van der Waals surface area contributed by atoms with Gasteiger partial charge in [0.1, 0.15) is 5.69 Å². The summed E-state index contributed by atoms with van der Waals surface area (Å²) in [5.41, 5.74) is 0.631. The molecule has 2 unspecified atom stereocenters. The zero-order valence-corrected chi connectivity index (χ0v) is 16.2. The highest BCUT2D eigenvalue weighted by Gasteiger charge is 2.43. The summed E-state index contributed by atoms with van der Waals surface area (Å²) in [7, 11) is -1.92. The molecule has 2 atom stereocenters. The van der Waals surface area contributed by atoms with Crippen LogP contribution in [0.3, 0.4) is 0 Å².